The molecule has 0 bridgehead atoms. The van der Waals surface area contributed by atoms with E-state index in [4.69, 9.17) is 15.2 Å². The Morgan fingerprint density at radius 3 is 2.43 bits per heavy atom. The summed E-state index contributed by atoms with van der Waals surface area (Å²) in [5.41, 5.74) is 7.36. The van der Waals surface area contributed by atoms with Gasteiger partial charge in [0.15, 0.2) is 0 Å². The van der Waals surface area contributed by atoms with E-state index >= 15 is 0 Å². The van der Waals surface area contributed by atoms with Crippen LogP contribution in [0.1, 0.15) is 29.6 Å². The first kappa shape index (κ1) is 19.7. The fourth-order valence-corrected chi connectivity index (χ4v) is 3.00. The molecule has 0 spiro atoms. The third kappa shape index (κ3) is 5.72. The van der Waals surface area contributed by atoms with Crippen LogP contribution in [-0.2, 0) is 9.53 Å². The van der Waals surface area contributed by atoms with Gasteiger partial charge in [0.25, 0.3) is 5.91 Å². The summed E-state index contributed by atoms with van der Waals surface area (Å²) in [7, 11) is 0. The predicted octanol–water partition coefficient (Wildman–Crippen LogP) is 2.78. The number of ether oxygens (including phenoxy) is 2. The Hall–Kier alpha value is -3.06. The minimum absolute atomic E-state index is 0.152. The highest BCUT2D eigenvalue weighted by molar-refractivity contribution is 5.95. The average molecular weight is 383 g/mol. The van der Waals surface area contributed by atoms with Crippen LogP contribution in [0.4, 0.5) is 11.4 Å². The molecule has 7 nitrogen and oxygen atoms in total. The highest BCUT2D eigenvalue weighted by Gasteiger charge is 2.13. The number of anilines is 2. The van der Waals surface area contributed by atoms with Crippen LogP contribution in [0.3, 0.4) is 0 Å². The smallest absolute Gasteiger partial charge is 0.252 e. The molecule has 28 heavy (non-hydrogen) atoms. The lowest BCUT2D eigenvalue weighted by molar-refractivity contribution is -0.116. The predicted molar refractivity (Wildman–Crippen MR) is 108 cm³/mol. The molecule has 148 valence electrons. The molecule has 1 aliphatic heterocycles. The van der Waals surface area contributed by atoms with Gasteiger partial charge in [-0.25, -0.2) is 0 Å². The van der Waals surface area contributed by atoms with E-state index in [1.54, 1.807) is 24.3 Å². The minimum Gasteiger partial charge on any atom is -0.492 e. The van der Waals surface area contributed by atoms with E-state index in [9.17, 15) is 9.59 Å². The van der Waals surface area contributed by atoms with Crippen LogP contribution in [0.25, 0.3) is 0 Å². The summed E-state index contributed by atoms with van der Waals surface area (Å²) in [6.45, 7) is 1.73. The molecule has 0 unspecified atom stereocenters. The number of benzene rings is 2. The SMILES string of the molecule is NC(=O)c1ccccc1OCCC(=O)Nc1ccc(NC2CCOCC2)cc1. The van der Waals surface area contributed by atoms with Crippen molar-refractivity contribution in [1.82, 2.24) is 0 Å². The molecule has 0 aliphatic carbocycles. The minimum atomic E-state index is -0.561. The van der Waals surface area contributed by atoms with Gasteiger partial charge in [0.05, 0.1) is 18.6 Å². The summed E-state index contributed by atoms with van der Waals surface area (Å²) in [6, 6.07) is 14.8. The second-order valence-electron chi connectivity index (χ2n) is 6.62. The normalized spacial score (nSPS) is 14.3. The molecule has 1 fully saturated rings. The molecule has 7 heteroatoms. The van der Waals surface area contributed by atoms with Crippen LogP contribution < -0.4 is 21.1 Å². The van der Waals surface area contributed by atoms with Gasteiger partial charge in [0, 0.05) is 30.6 Å². The van der Waals surface area contributed by atoms with Crippen molar-refractivity contribution in [3.05, 3.63) is 54.1 Å². The summed E-state index contributed by atoms with van der Waals surface area (Å²) in [6.07, 6.45) is 2.16. The Labute approximate surface area is 164 Å². The van der Waals surface area contributed by atoms with Gasteiger partial charge in [-0.3, -0.25) is 9.59 Å². The Bertz CT molecular complexity index is 802. The number of amides is 2. The van der Waals surface area contributed by atoms with Crippen molar-refractivity contribution in [2.75, 3.05) is 30.5 Å². The van der Waals surface area contributed by atoms with Crippen LogP contribution in [0.2, 0.25) is 0 Å². The number of hydrogen-bond acceptors (Lipinski definition) is 5. The maximum Gasteiger partial charge on any atom is 0.252 e. The van der Waals surface area contributed by atoms with Crippen LogP contribution >= 0.6 is 0 Å². The second kappa shape index (κ2) is 9.75. The highest BCUT2D eigenvalue weighted by Crippen LogP contribution is 2.19. The van der Waals surface area contributed by atoms with Crippen LogP contribution in [0, 0.1) is 0 Å². The van der Waals surface area contributed by atoms with Crippen molar-refractivity contribution in [2.24, 2.45) is 5.73 Å². The Morgan fingerprint density at radius 1 is 1.04 bits per heavy atom. The zero-order chi connectivity index (χ0) is 19.8. The van der Waals surface area contributed by atoms with Crippen LogP contribution in [0.15, 0.2) is 48.5 Å². The molecule has 0 aromatic heterocycles. The van der Waals surface area contributed by atoms with E-state index in [1.165, 1.54) is 0 Å². The van der Waals surface area contributed by atoms with Gasteiger partial charge in [-0.15, -0.1) is 0 Å². The average Bonchev–Trinajstić information content (AvgIpc) is 2.70. The number of para-hydroxylation sites is 1. The van der Waals surface area contributed by atoms with Gasteiger partial charge >= 0.3 is 0 Å². The van der Waals surface area contributed by atoms with E-state index < -0.39 is 5.91 Å². The molecule has 1 heterocycles. The van der Waals surface area contributed by atoms with E-state index in [-0.39, 0.29) is 18.9 Å². The van der Waals surface area contributed by atoms with E-state index in [0.717, 1.165) is 37.4 Å². The molecule has 2 amide bonds. The molecule has 1 saturated heterocycles. The number of nitrogens with one attached hydrogen (secondary N) is 2. The third-order valence-electron chi connectivity index (χ3n) is 4.50. The molecular formula is C21H25N3O4. The summed E-state index contributed by atoms with van der Waals surface area (Å²) in [5, 5.41) is 6.32. The number of carbonyl (C=O) groups is 2. The lowest BCUT2D eigenvalue weighted by atomic mass is 10.1. The molecule has 0 radical (unpaired) electrons. The summed E-state index contributed by atoms with van der Waals surface area (Å²) >= 11 is 0. The van der Waals surface area contributed by atoms with Crippen LogP contribution in [0.5, 0.6) is 5.75 Å². The Morgan fingerprint density at radius 2 is 1.71 bits per heavy atom. The zero-order valence-electron chi connectivity index (χ0n) is 15.6. The fraction of sp³-hybridized carbons (Fsp3) is 0.333. The van der Waals surface area contributed by atoms with Crippen molar-refractivity contribution in [2.45, 2.75) is 25.3 Å². The molecule has 1 aliphatic rings. The van der Waals surface area contributed by atoms with Gasteiger partial charge in [-0.05, 0) is 49.2 Å². The number of hydrogen-bond donors (Lipinski definition) is 3. The maximum atomic E-state index is 12.1. The fourth-order valence-electron chi connectivity index (χ4n) is 3.00. The molecule has 0 atom stereocenters. The van der Waals surface area contributed by atoms with Gasteiger partial charge in [0.1, 0.15) is 5.75 Å². The summed E-state index contributed by atoms with van der Waals surface area (Å²) in [5.74, 6) is -0.345. The highest BCUT2D eigenvalue weighted by atomic mass is 16.5. The van der Waals surface area contributed by atoms with E-state index in [2.05, 4.69) is 10.6 Å². The maximum absolute atomic E-state index is 12.1. The van der Waals surface area contributed by atoms with Crippen LogP contribution in [-0.4, -0.2) is 37.7 Å². The van der Waals surface area contributed by atoms with Crippen molar-refractivity contribution < 1.29 is 19.1 Å². The lowest BCUT2D eigenvalue weighted by Crippen LogP contribution is -2.27. The molecule has 2 aromatic rings. The second-order valence-corrected chi connectivity index (χ2v) is 6.62. The van der Waals surface area contributed by atoms with Gasteiger partial charge in [-0.2, -0.15) is 0 Å². The quantitative estimate of drug-likeness (QED) is 0.650. The summed E-state index contributed by atoms with van der Waals surface area (Å²) in [4.78, 5) is 23.5. The number of nitrogens with two attached hydrogens (primary N) is 1. The van der Waals surface area contributed by atoms with Gasteiger partial charge in [-0.1, -0.05) is 12.1 Å². The molecular weight excluding hydrogens is 358 g/mol. The number of primary amides is 1. The first-order chi connectivity index (χ1) is 13.6. The Balaban J connectivity index is 1.44. The van der Waals surface area contributed by atoms with Gasteiger partial charge in [0.2, 0.25) is 5.91 Å². The molecule has 0 saturated carbocycles. The molecule has 2 aromatic carbocycles. The molecule has 4 N–H and O–H groups in total. The van der Waals surface area contributed by atoms with Crippen molar-refractivity contribution in [3.63, 3.8) is 0 Å². The van der Waals surface area contributed by atoms with Crippen molar-refractivity contribution >= 4 is 23.2 Å². The third-order valence-corrected chi connectivity index (χ3v) is 4.50. The zero-order valence-corrected chi connectivity index (χ0v) is 15.6. The summed E-state index contributed by atoms with van der Waals surface area (Å²) < 4.78 is 10.9. The van der Waals surface area contributed by atoms with E-state index in [1.807, 2.05) is 24.3 Å². The topological polar surface area (TPSA) is 103 Å². The lowest BCUT2D eigenvalue weighted by Gasteiger charge is -2.24. The number of rotatable bonds is 8. The van der Waals surface area contributed by atoms with E-state index in [0.29, 0.717) is 17.4 Å². The first-order valence-corrected chi connectivity index (χ1v) is 9.37. The van der Waals surface area contributed by atoms with Crippen molar-refractivity contribution in [3.8, 4) is 5.75 Å². The first-order valence-electron chi connectivity index (χ1n) is 9.37. The largest absolute Gasteiger partial charge is 0.492 e. The standard InChI is InChI=1S/C21H25N3O4/c22-21(26)18-3-1-2-4-19(18)28-14-11-20(25)24-16-7-5-15(6-8-16)23-17-9-12-27-13-10-17/h1-8,17,23H,9-14H2,(H2,22,26)(H,24,25). The van der Waals surface area contributed by atoms with Gasteiger partial charge < -0.3 is 25.8 Å². The van der Waals surface area contributed by atoms with Crippen molar-refractivity contribution in [1.29, 1.82) is 0 Å². The monoisotopic (exact) mass is 383 g/mol. The Kier molecular flexibility index (Phi) is 6.86. The molecule has 3 rings (SSSR count). The number of carbonyl (C=O) groups excluding carboxylic acids is 2.